The Labute approximate surface area is 99.9 Å². The van der Waals surface area contributed by atoms with E-state index in [0.29, 0.717) is 5.92 Å². The Morgan fingerprint density at radius 2 is 2.20 bits per heavy atom. The number of halogens is 1. The minimum absolute atomic E-state index is 0.0506. The van der Waals surface area contributed by atoms with Gasteiger partial charge in [-0.15, -0.1) is 0 Å². The van der Waals surface area contributed by atoms with Crippen molar-refractivity contribution in [2.24, 2.45) is 5.92 Å². The molecule has 1 rings (SSSR count). The lowest BCUT2D eigenvalue weighted by Gasteiger charge is -2.18. The first-order valence-electron chi connectivity index (χ1n) is 5.14. The first-order chi connectivity index (χ1) is 7.09. The predicted octanol–water partition coefficient (Wildman–Crippen LogP) is 1.12. The van der Waals surface area contributed by atoms with Gasteiger partial charge in [0.05, 0.1) is 12.4 Å². The molecule has 15 heavy (non-hydrogen) atoms. The molecule has 0 saturated heterocycles. The molecule has 4 nitrogen and oxygen atoms in total. The van der Waals surface area contributed by atoms with E-state index in [0.717, 1.165) is 24.6 Å². The Morgan fingerprint density at radius 1 is 1.47 bits per heavy atom. The predicted molar refractivity (Wildman–Crippen MR) is 63.7 cm³/mol. The Kier molecular flexibility index (Phi) is 5.52. The Hall–Kier alpha value is 0.350. The molecule has 0 aliphatic heterocycles. The molecule has 0 spiro atoms. The second-order valence-electron chi connectivity index (χ2n) is 3.88. The van der Waals surface area contributed by atoms with E-state index in [-0.39, 0.29) is 18.4 Å². The maximum atomic E-state index is 11.6. The fraction of sp³-hybridized carbons (Fsp3) is 1.00. The fourth-order valence-electron chi connectivity index (χ4n) is 1.86. The van der Waals surface area contributed by atoms with Gasteiger partial charge in [0.15, 0.2) is 0 Å². The fourth-order valence-corrected chi connectivity index (χ4v) is 3.91. The molecule has 0 radical (unpaired) electrons. The molecule has 1 aliphatic carbocycles. The van der Waals surface area contributed by atoms with Crippen LogP contribution >= 0.6 is 15.9 Å². The summed E-state index contributed by atoms with van der Waals surface area (Å²) in [6.45, 7) is 0.251. The van der Waals surface area contributed by atoms with Crippen LogP contribution in [0.25, 0.3) is 0 Å². The summed E-state index contributed by atoms with van der Waals surface area (Å²) in [4.78, 5) is 0. The van der Waals surface area contributed by atoms with Gasteiger partial charge in [0.1, 0.15) is 0 Å². The highest BCUT2D eigenvalue weighted by Gasteiger charge is 2.29. The average Bonchev–Trinajstić information content (AvgIpc) is 2.61. The smallest absolute Gasteiger partial charge is 0.214 e. The molecule has 0 amide bonds. The third kappa shape index (κ3) is 4.38. The molecular weight excluding hydrogens is 282 g/mol. The number of nitrogens with one attached hydrogen (secondary N) is 1. The lowest BCUT2D eigenvalue weighted by molar-refractivity contribution is 0.216. The molecule has 2 atom stereocenters. The van der Waals surface area contributed by atoms with Gasteiger partial charge in [-0.05, 0) is 18.8 Å². The van der Waals surface area contributed by atoms with Gasteiger partial charge >= 0.3 is 0 Å². The van der Waals surface area contributed by atoms with Crippen molar-refractivity contribution in [3.8, 4) is 0 Å². The van der Waals surface area contributed by atoms with Crippen LogP contribution in [0, 0.1) is 5.92 Å². The first kappa shape index (κ1) is 13.4. The van der Waals surface area contributed by atoms with Crippen molar-refractivity contribution in [2.75, 3.05) is 24.8 Å². The maximum Gasteiger partial charge on any atom is 0.214 e. The summed E-state index contributed by atoms with van der Waals surface area (Å²) in [5.74, 6) is 0.483. The van der Waals surface area contributed by atoms with Crippen molar-refractivity contribution in [1.29, 1.82) is 0 Å². The van der Waals surface area contributed by atoms with Gasteiger partial charge in [0.25, 0.3) is 0 Å². The molecule has 90 valence electrons. The van der Waals surface area contributed by atoms with Gasteiger partial charge in [-0.1, -0.05) is 22.4 Å². The van der Waals surface area contributed by atoms with Crippen molar-refractivity contribution in [3.63, 3.8) is 0 Å². The summed E-state index contributed by atoms with van der Waals surface area (Å²) >= 11 is 3.42. The first-order valence-corrected chi connectivity index (χ1v) is 7.91. The van der Waals surface area contributed by atoms with Crippen LogP contribution in [-0.4, -0.2) is 39.3 Å². The van der Waals surface area contributed by atoms with E-state index in [1.165, 1.54) is 7.11 Å². The average molecular weight is 300 g/mol. The molecule has 1 aliphatic rings. The maximum absolute atomic E-state index is 11.6. The summed E-state index contributed by atoms with van der Waals surface area (Å²) in [5, 5.41) is 0.866. The quantitative estimate of drug-likeness (QED) is 0.748. The lowest BCUT2D eigenvalue weighted by Crippen LogP contribution is -2.39. The van der Waals surface area contributed by atoms with Gasteiger partial charge in [-0.3, -0.25) is 0 Å². The summed E-state index contributed by atoms with van der Waals surface area (Å²) < 4.78 is 30.7. The van der Waals surface area contributed by atoms with E-state index in [1.807, 2.05) is 0 Å². The zero-order valence-corrected chi connectivity index (χ0v) is 11.3. The Balaban J connectivity index is 2.45. The van der Waals surface area contributed by atoms with E-state index in [1.54, 1.807) is 0 Å². The summed E-state index contributed by atoms with van der Waals surface area (Å²) in [6, 6.07) is 0.103. The van der Waals surface area contributed by atoms with E-state index < -0.39 is 10.0 Å². The molecule has 1 fully saturated rings. The zero-order chi connectivity index (χ0) is 11.3. The Morgan fingerprint density at radius 3 is 2.80 bits per heavy atom. The number of methoxy groups -OCH3 is 1. The van der Waals surface area contributed by atoms with Crippen LogP contribution in [-0.2, 0) is 14.8 Å². The number of hydrogen-bond donors (Lipinski definition) is 1. The van der Waals surface area contributed by atoms with Gasteiger partial charge in [0, 0.05) is 18.5 Å². The van der Waals surface area contributed by atoms with Crippen LogP contribution in [0.1, 0.15) is 19.3 Å². The van der Waals surface area contributed by atoms with Gasteiger partial charge in [-0.25, -0.2) is 13.1 Å². The van der Waals surface area contributed by atoms with Crippen molar-refractivity contribution >= 4 is 26.0 Å². The van der Waals surface area contributed by atoms with Crippen molar-refractivity contribution in [1.82, 2.24) is 4.72 Å². The van der Waals surface area contributed by atoms with Crippen molar-refractivity contribution in [3.05, 3.63) is 0 Å². The summed E-state index contributed by atoms with van der Waals surface area (Å²) in [7, 11) is -1.66. The highest BCUT2D eigenvalue weighted by molar-refractivity contribution is 9.09. The number of alkyl halides is 1. The minimum atomic E-state index is -3.17. The second kappa shape index (κ2) is 6.18. The zero-order valence-electron chi connectivity index (χ0n) is 8.91. The van der Waals surface area contributed by atoms with Crippen LogP contribution in [0.3, 0.4) is 0 Å². The van der Waals surface area contributed by atoms with Crippen molar-refractivity contribution in [2.45, 2.75) is 25.3 Å². The van der Waals surface area contributed by atoms with Gasteiger partial charge in [-0.2, -0.15) is 0 Å². The minimum Gasteiger partial charge on any atom is -0.384 e. The highest BCUT2D eigenvalue weighted by Crippen LogP contribution is 2.27. The van der Waals surface area contributed by atoms with E-state index in [9.17, 15) is 8.42 Å². The largest absolute Gasteiger partial charge is 0.384 e. The van der Waals surface area contributed by atoms with Crippen LogP contribution in [0.5, 0.6) is 0 Å². The molecule has 0 bridgehead atoms. The van der Waals surface area contributed by atoms with Crippen LogP contribution in [0.2, 0.25) is 0 Å². The second-order valence-corrected chi connectivity index (χ2v) is 6.40. The number of sulfonamides is 1. The molecule has 0 heterocycles. The molecule has 0 aromatic carbocycles. The van der Waals surface area contributed by atoms with E-state index in [4.69, 9.17) is 4.74 Å². The van der Waals surface area contributed by atoms with E-state index in [2.05, 4.69) is 20.7 Å². The molecule has 0 aromatic rings. The molecule has 2 unspecified atom stereocenters. The van der Waals surface area contributed by atoms with Gasteiger partial charge < -0.3 is 4.74 Å². The van der Waals surface area contributed by atoms with Gasteiger partial charge in [0.2, 0.25) is 10.0 Å². The molecule has 6 heteroatoms. The lowest BCUT2D eigenvalue weighted by atomic mass is 10.1. The third-order valence-electron chi connectivity index (χ3n) is 2.74. The standard InChI is InChI=1S/C9H18BrNO3S/c1-14-5-6-15(12,13)11-9-4-2-3-8(9)7-10/h8-9,11H,2-7H2,1H3. The monoisotopic (exact) mass is 299 g/mol. The highest BCUT2D eigenvalue weighted by atomic mass is 79.9. The van der Waals surface area contributed by atoms with Crippen LogP contribution in [0.15, 0.2) is 0 Å². The molecular formula is C9H18BrNO3S. The molecule has 1 saturated carbocycles. The summed E-state index contributed by atoms with van der Waals surface area (Å²) in [5.41, 5.74) is 0. The van der Waals surface area contributed by atoms with E-state index >= 15 is 0 Å². The number of hydrogen-bond acceptors (Lipinski definition) is 3. The Bertz CT molecular complexity index is 281. The third-order valence-corrected chi connectivity index (χ3v) is 4.94. The van der Waals surface area contributed by atoms with Crippen molar-refractivity contribution < 1.29 is 13.2 Å². The van der Waals surface area contributed by atoms with Crippen LogP contribution < -0.4 is 4.72 Å². The summed E-state index contributed by atoms with van der Waals surface area (Å²) in [6.07, 6.45) is 3.15. The number of ether oxygens (including phenoxy) is 1. The topological polar surface area (TPSA) is 55.4 Å². The number of rotatable bonds is 6. The molecule has 0 aromatic heterocycles. The SMILES string of the molecule is COCCS(=O)(=O)NC1CCCC1CBr. The molecule has 1 N–H and O–H groups in total. The van der Waals surface area contributed by atoms with Crippen LogP contribution in [0.4, 0.5) is 0 Å². The normalized spacial score (nSPS) is 27.1.